The first-order valence-electron chi connectivity index (χ1n) is 7.02. The molecule has 3 aromatic rings. The second-order valence-electron chi connectivity index (χ2n) is 5.17. The van der Waals surface area contributed by atoms with Crippen LogP contribution in [0.4, 0.5) is 0 Å². The Balaban J connectivity index is 1.54. The van der Waals surface area contributed by atoms with Crippen LogP contribution in [-0.2, 0) is 6.54 Å². The van der Waals surface area contributed by atoms with Crippen molar-refractivity contribution in [3.63, 3.8) is 0 Å². The molecule has 0 saturated carbocycles. The maximum Gasteiger partial charge on any atom is 0.248 e. The molecule has 0 N–H and O–H groups in total. The first kappa shape index (κ1) is 13.2. The van der Waals surface area contributed by atoms with Gasteiger partial charge in [0.1, 0.15) is 0 Å². The Kier molecular flexibility index (Phi) is 3.58. The fraction of sp³-hybridized carbons (Fsp3) is 0.333. The first-order chi connectivity index (χ1) is 10.4. The molecule has 1 aliphatic heterocycles. The van der Waals surface area contributed by atoms with E-state index in [0.29, 0.717) is 5.89 Å². The molecule has 1 fully saturated rings. The average molecular weight is 317 g/mol. The first-order valence-corrected chi connectivity index (χ1v) is 8.85. The molecule has 1 aliphatic rings. The van der Waals surface area contributed by atoms with Crippen LogP contribution in [0.2, 0.25) is 0 Å². The van der Waals surface area contributed by atoms with E-state index in [1.165, 1.54) is 11.3 Å². The van der Waals surface area contributed by atoms with Gasteiger partial charge in [0, 0.05) is 22.4 Å². The fourth-order valence-electron chi connectivity index (χ4n) is 2.77. The predicted octanol–water partition coefficient (Wildman–Crippen LogP) is 4.20. The molecule has 0 aliphatic carbocycles. The van der Waals surface area contributed by atoms with Gasteiger partial charge in [0.25, 0.3) is 0 Å². The summed E-state index contributed by atoms with van der Waals surface area (Å²) in [6, 6.07) is 6.56. The van der Waals surface area contributed by atoms with E-state index >= 15 is 0 Å². The monoisotopic (exact) mass is 317 g/mol. The molecule has 0 radical (unpaired) electrons. The van der Waals surface area contributed by atoms with Crippen molar-refractivity contribution in [2.75, 3.05) is 6.54 Å². The van der Waals surface area contributed by atoms with Crippen LogP contribution < -0.4 is 0 Å². The highest BCUT2D eigenvalue weighted by atomic mass is 32.1. The number of hydrogen-bond donors (Lipinski definition) is 0. The van der Waals surface area contributed by atoms with Gasteiger partial charge in [-0.15, -0.1) is 21.5 Å². The van der Waals surface area contributed by atoms with E-state index in [2.05, 4.69) is 32.6 Å². The molecule has 1 unspecified atom stereocenters. The van der Waals surface area contributed by atoms with Crippen LogP contribution in [0.5, 0.6) is 0 Å². The molecule has 108 valence electrons. The third-order valence-electron chi connectivity index (χ3n) is 3.80. The van der Waals surface area contributed by atoms with Gasteiger partial charge in [-0.1, -0.05) is 6.07 Å². The molecule has 0 amide bonds. The van der Waals surface area contributed by atoms with Crippen LogP contribution in [0, 0.1) is 0 Å². The summed E-state index contributed by atoms with van der Waals surface area (Å²) in [6.07, 6.45) is 2.28. The van der Waals surface area contributed by atoms with Crippen molar-refractivity contribution in [3.05, 3.63) is 45.1 Å². The number of rotatable bonds is 4. The van der Waals surface area contributed by atoms with Crippen LogP contribution in [0.3, 0.4) is 0 Å². The van der Waals surface area contributed by atoms with Gasteiger partial charge in [-0.25, -0.2) is 0 Å². The number of nitrogens with zero attached hydrogens (tertiary/aromatic N) is 3. The number of hydrogen-bond acceptors (Lipinski definition) is 6. The minimum atomic E-state index is 0.256. The lowest BCUT2D eigenvalue weighted by Crippen LogP contribution is -2.22. The minimum Gasteiger partial charge on any atom is -0.419 e. The summed E-state index contributed by atoms with van der Waals surface area (Å²) in [7, 11) is 0. The third-order valence-corrected chi connectivity index (χ3v) is 5.34. The van der Waals surface area contributed by atoms with Gasteiger partial charge in [-0.2, -0.15) is 11.3 Å². The Hall–Kier alpha value is -1.50. The molecular weight excluding hydrogens is 302 g/mol. The largest absolute Gasteiger partial charge is 0.419 e. The van der Waals surface area contributed by atoms with Gasteiger partial charge in [0.2, 0.25) is 11.8 Å². The van der Waals surface area contributed by atoms with Crippen molar-refractivity contribution < 1.29 is 4.42 Å². The number of aromatic nitrogens is 2. The summed E-state index contributed by atoms with van der Waals surface area (Å²) < 4.78 is 5.91. The predicted molar refractivity (Wildman–Crippen MR) is 84.3 cm³/mol. The van der Waals surface area contributed by atoms with Crippen molar-refractivity contribution in [1.82, 2.24) is 15.1 Å². The highest BCUT2D eigenvalue weighted by molar-refractivity contribution is 7.09. The van der Waals surface area contributed by atoms with Gasteiger partial charge in [-0.05, 0) is 42.3 Å². The van der Waals surface area contributed by atoms with E-state index in [4.69, 9.17) is 4.42 Å². The summed E-state index contributed by atoms with van der Waals surface area (Å²) in [5, 5.41) is 14.7. The van der Waals surface area contributed by atoms with Crippen LogP contribution >= 0.6 is 22.7 Å². The minimum absolute atomic E-state index is 0.256. The van der Waals surface area contributed by atoms with E-state index in [1.807, 2.05) is 16.8 Å². The second kappa shape index (κ2) is 5.71. The third kappa shape index (κ3) is 2.66. The summed E-state index contributed by atoms with van der Waals surface area (Å²) in [5.74, 6) is 1.39. The van der Waals surface area contributed by atoms with Crippen molar-refractivity contribution in [3.8, 4) is 11.5 Å². The summed E-state index contributed by atoms with van der Waals surface area (Å²) in [6.45, 7) is 2.07. The van der Waals surface area contributed by atoms with Crippen LogP contribution in [0.1, 0.15) is 29.7 Å². The van der Waals surface area contributed by atoms with Gasteiger partial charge in [-0.3, -0.25) is 4.90 Å². The second-order valence-corrected chi connectivity index (χ2v) is 6.98. The Labute approximate surface area is 131 Å². The highest BCUT2D eigenvalue weighted by Crippen LogP contribution is 2.34. The molecule has 6 heteroatoms. The molecule has 0 bridgehead atoms. The van der Waals surface area contributed by atoms with Crippen molar-refractivity contribution in [2.24, 2.45) is 0 Å². The Morgan fingerprint density at radius 3 is 3.10 bits per heavy atom. The molecule has 4 nitrogen and oxygen atoms in total. The van der Waals surface area contributed by atoms with Gasteiger partial charge >= 0.3 is 0 Å². The molecular formula is C15H15N3OS2. The van der Waals surface area contributed by atoms with E-state index < -0.39 is 0 Å². The van der Waals surface area contributed by atoms with Gasteiger partial charge in [0.15, 0.2) is 0 Å². The van der Waals surface area contributed by atoms with Crippen molar-refractivity contribution >= 4 is 22.7 Å². The lowest BCUT2D eigenvalue weighted by Gasteiger charge is -2.20. The van der Waals surface area contributed by atoms with Crippen molar-refractivity contribution in [2.45, 2.75) is 25.4 Å². The zero-order valence-corrected chi connectivity index (χ0v) is 13.1. The Morgan fingerprint density at radius 2 is 2.29 bits per heavy atom. The van der Waals surface area contributed by atoms with Gasteiger partial charge in [0.05, 0.1) is 6.04 Å². The number of likely N-dealkylation sites (tertiary alicyclic amines) is 1. The molecule has 21 heavy (non-hydrogen) atoms. The standard InChI is InChI=1S/C15H15N3OS2/c1-4-13(18(6-1)9-12-3-2-7-21-12)15-17-16-14(19-15)11-5-8-20-10-11/h2-3,5,7-8,10,13H,1,4,6,9H2. The van der Waals surface area contributed by atoms with E-state index in [0.717, 1.165) is 31.0 Å². The molecule has 0 spiro atoms. The smallest absolute Gasteiger partial charge is 0.248 e. The topological polar surface area (TPSA) is 42.2 Å². The van der Waals surface area contributed by atoms with E-state index in [-0.39, 0.29) is 6.04 Å². The van der Waals surface area contributed by atoms with E-state index in [9.17, 15) is 0 Å². The lowest BCUT2D eigenvalue weighted by molar-refractivity contribution is 0.217. The zero-order chi connectivity index (χ0) is 14.1. The summed E-state index contributed by atoms with van der Waals surface area (Å²) >= 11 is 3.45. The highest BCUT2D eigenvalue weighted by Gasteiger charge is 2.30. The summed E-state index contributed by atoms with van der Waals surface area (Å²) in [5.41, 5.74) is 1.02. The maximum atomic E-state index is 5.91. The van der Waals surface area contributed by atoms with E-state index in [1.54, 1.807) is 22.7 Å². The van der Waals surface area contributed by atoms with Crippen molar-refractivity contribution in [1.29, 1.82) is 0 Å². The molecule has 0 aromatic carbocycles. The molecule has 1 atom stereocenters. The molecule has 4 rings (SSSR count). The normalized spacial score (nSPS) is 19.3. The molecule has 4 heterocycles. The average Bonchev–Trinajstić information content (AvgIpc) is 3.28. The zero-order valence-electron chi connectivity index (χ0n) is 11.4. The van der Waals surface area contributed by atoms with Gasteiger partial charge < -0.3 is 4.42 Å². The summed E-state index contributed by atoms with van der Waals surface area (Å²) in [4.78, 5) is 3.83. The van der Waals surface area contributed by atoms with Crippen LogP contribution in [0.15, 0.2) is 38.8 Å². The SMILES string of the molecule is c1csc(CN2CCCC2c2nnc(-c3ccsc3)o2)c1. The van der Waals surface area contributed by atoms with Crippen LogP contribution in [0.25, 0.3) is 11.5 Å². The Bertz CT molecular complexity index is 690. The Morgan fingerprint density at radius 1 is 1.29 bits per heavy atom. The van der Waals surface area contributed by atoms with Crippen LogP contribution in [-0.4, -0.2) is 21.6 Å². The molecule has 3 aromatic heterocycles. The maximum absolute atomic E-state index is 5.91. The molecule has 1 saturated heterocycles. The lowest BCUT2D eigenvalue weighted by atomic mass is 10.2. The fourth-order valence-corrected chi connectivity index (χ4v) is 4.13. The number of thiophene rings is 2. The quantitative estimate of drug-likeness (QED) is 0.723.